The van der Waals surface area contributed by atoms with Crippen molar-refractivity contribution in [2.75, 3.05) is 56.6 Å². The smallest absolute Gasteiger partial charge is 0.444 e. The molecule has 0 radical (unpaired) electrons. The number of phosphoric ester groups is 3. The highest BCUT2D eigenvalue weighted by molar-refractivity contribution is 7.99. The van der Waals surface area contributed by atoms with Crippen LogP contribution in [0.25, 0.3) is 11.2 Å². The van der Waals surface area contributed by atoms with Crippen molar-refractivity contribution in [3.05, 3.63) is 12.7 Å². The number of fused-ring (bicyclic) bond motifs is 1. The average molecular weight is 1010 g/mol. The van der Waals surface area contributed by atoms with E-state index in [1.54, 1.807) is 20.8 Å². The zero-order valence-corrected chi connectivity index (χ0v) is 39.6. The number of rotatable bonds is 27. The second-order valence-electron chi connectivity index (χ2n) is 16.0. The van der Waals surface area contributed by atoms with Gasteiger partial charge in [-0.25, -0.2) is 33.4 Å². The Balaban J connectivity index is 1.34. The first-order valence-electron chi connectivity index (χ1n) is 19.8. The Morgan fingerprint density at radius 1 is 0.892 bits per heavy atom. The molecule has 1 saturated heterocycles. The van der Waals surface area contributed by atoms with E-state index in [0.717, 1.165) is 36.5 Å². The summed E-state index contributed by atoms with van der Waals surface area (Å²) < 4.78 is 67.4. The number of thioether (sulfide) groups is 1. The van der Waals surface area contributed by atoms with Crippen LogP contribution in [0.4, 0.5) is 10.6 Å². The molecule has 4 amide bonds. The molecule has 2 unspecified atom stereocenters. The second-order valence-corrected chi connectivity index (χ2v) is 21.3. The number of nitrogen functional groups attached to an aromatic ring is 1. The van der Waals surface area contributed by atoms with Crippen LogP contribution in [0, 0.1) is 5.41 Å². The van der Waals surface area contributed by atoms with Gasteiger partial charge in [-0.2, -0.15) is 16.1 Å². The van der Waals surface area contributed by atoms with Crippen molar-refractivity contribution in [1.82, 2.24) is 40.8 Å². The minimum Gasteiger partial charge on any atom is -0.444 e. The molecule has 7 atom stereocenters. The molecule has 0 saturated carbocycles. The number of aliphatic hydroxyl groups excluding tert-OH is 2. The standard InChI is InChI=1S/C33H58N9O19P3S/c1-32(2,3)59-31(48)38-11-8-6-7-10-35-22(44)16-65-14-13-36-21(43)9-12-37-29(47)26(46)33(4,5)17-57-64(54,55)61-63(52,53)56-15-20-25(60-62(49,50)51)24(45)30(58-20)42-19-41-23-27(34)39-18-40-28(23)42/h18-20,24-26,30,45-46H,6-17H2,1-5H3,(H,35,44)(H,36,43)(H,37,47)(H,38,48)(H,52,53)(H,54,55)(H2,34,39,40)(H2,49,50,51)/t20-,24-,25-,26+,30-/m1/s1. The molecule has 2 aromatic rings. The number of aliphatic hydroxyl groups is 2. The van der Waals surface area contributed by atoms with Gasteiger partial charge in [-0.05, 0) is 40.0 Å². The second kappa shape index (κ2) is 24.6. The quantitative estimate of drug-likeness (QED) is 0.0413. The third-order valence-corrected chi connectivity index (χ3v) is 12.8. The normalized spacial score (nSPS) is 20.4. The number of nitrogens with one attached hydrogen (secondary N) is 4. The molecule has 1 fully saturated rings. The Kier molecular flexibility index (Phi) is 21.2. The van der Waals surface area contributed by atoms with Gasteiger partial charge in [0.05, 0.1) is 25.3 Å². The van der Waals surface area contributed by atoms with Crippen LogP contribution in [0.5, 0.6) is 0 Å². The number of carbonyl (C=O) groups is 4. The summed E-state index contributed by atoms with van der Waals surface area (Å²) in [6.07, 6.45) is -5.21. The molecule has 370 valence electrons. The van der Waals surface area contributed by atoms with Gasteiger partial charge in [-0.1, -0.05) is 13.8 Å². The molecule has 0 spiro atoms. The fourth-order valence-electron chi connectivity index (χ4n) is 5.58. The number of ether oxygens (including phenoxy) is 2. The van der Waals surface area contributed by atoms with Crippen molar-refractivity contribution in [3.8, 4) is 0 Å². The number of alkyl carbamates (subject to hydrolysis) is 1. The predicted molar refractivity (Wildman–Crippen MR) is 228 cm³/mol. The fraction of sp³-hybridized carbons (Fsp3) is 0.727. The van der Waals surface area contributed by atoms with Crippen molar-refractivity contribution in [1.29, 1.82) is 0 Å². The van der Waals surface area contributed by atoms with Gasteiger partial charge in [0, 0.05) is 43.8 Å². The fourth-order valence-corrected chi connectivity index (χ4v) is 9.08. The largest absolute Gasteiger partial charge is 0.481 e. The number of carbonyl (C=O) groups excluding carboxylic acids is 4. The number of nitrogens with zero attached hydrogens (tertiary/aromatic N) is 4. The molecule has 1 aliphatic rings. The summed E-state index contributed by atoms with van der Waals surface area (Å²) in [6.45, 7) is 6.75. The van der Waals surface area contributed by atoms with Crippen molar-refractivity contribution >= 4 is 76.0 Å². The topological polar surface area (TPSA) is 414 Å². The Morgan fingerprint density at radius 3 is 2.20 bits per heavy atom. The van der Waals surface area contributed by atoms with Crippen molar-refractivity contribution in [2.45, 2.75) is 96.5 Å². The molecule has 0 aliphatic carbocycles. The Morgan fingerprint density at radius 2 is 1.54 bits per heavy atom. The van der Waals surface area contributed by atoms with E-state index in [4.69, 9.17) is 24.3 Å². The molecule has 0 aromatic carbocycles. The predicted octanol–water partition coefficient (Wildman–Crippen LogP) is -0.0507. The minimum absolute atomic E-state index is 0.0248. The van der Waals surface area contributed by atoms with Crippen LogP contribution >= 0.6 is 35.2 Å². The molecule has 32 heteroatoms. The number of hydrogen-bond donors (Lipinski definition) is 11. The lowest BCUT2D eigenvalue weighted by Crippen LogP contribution is -2.46. The zero-order chi connectivity index (χ0) is 48.8. The molecule has 1 aliphatic heterocycles. The first-order chi connectivity index (χ1) is 30.1. The van der Waals surface area contributed by atoms with Crippen molar-refractivity contribution in [2.24, 2.45) is 5.41 Å². The third kappa shape index (κ3) is 19.8. The van der Waals surface area contributed by atoms with E-state index in [0.29, 0.717) is 18.8 Å². The number of anilines is 1. The van der Waals surface area contributed by atoms with Gasteiger partial charge in [0.15, 0.2) is 17.7 Å². The van der Waals surface area contributed by atoms with Crippen LogP contribution in [0.2, 0.25) is 0 Å². The van der Waals surface area contributed by atoms with Crippen molar-refractivity contribution < 1.29 is 90.0 Å². The van der Waals surface area contributed by atoms with E-state index >= 15 is 0 Å². The third-order valence-electron chi connectivity index (χ3n) is 8.72. The molecule has 65 heavy (non-hydrogen) atoms. The van der Waals surface area contributed by atoms with Crippen LogP contribution in [-0.2, 0) is 55.4 Å². The Labute approximate surface area is 377 Å². The maximum absolute atomic E-state index is 12.7. The monoisotopic (exact) mass is 1010 g/mol. The van der Waals surface area contributed by atoms with Gasteiger partial charge in [0.2, 0.25) is 17.7 Å². The average Bonchev–Trinajstić information content (AvgIpc) is 3.74. The minimum atomic E-state index is -5.59. The number of unbranched alkanes of at least 4 members (excludes halogenated alkanes) is 2. The number of aromatic nitrogens is 4. The summed E-state index contributed by atoms with van der Waals surface area (Å²) in [4.78, 5) is 99.6. The number of nitrogens with two attached hydrogens (primary N) is 1. The highest BCUT2D eigenvalue weighted by Crippen LogP contribution is 2.61. The van der Waals surface area contributed by atoms with Crippen LogP contribution in [0.3, 0.4) is 0 Å². The molecule has 2 aromatic heterocycles. The van der Waals surface area contributed by atoms with Gasteiger partial charge in [0.1, 0.15) is 41.9 Å². The van der Waals surface area contributed by atoms with Gasteiger partial charge >= 0.3 is 29.6 Å². The summed E-state index contributed by atoms with van der Waals surface area (Å²) in [5, 5.41) is 32.0. The molecule has 3 rings (SSSR count). The maximum atomic E-state index is 12.7. The number of imidazole rings is 1. The molecule has 0 bridgehead atoms. The molecular weight excluding hydrogens is 951 g/mol. The lowest BCUT2D eigenvalue weighted by atomic mass is 9.87. The van der Waals surface area contributed by atoms with E-state index in [2.05, 4.69) is 45.1 Å². The van der Waals surface area contributed by atoms with Gasteiger partial charge < -0.3 is 66.3 Å². The van der Waals surface area contributed by atoms with Crippen LogP contribution < -0.4 is 27.0 Å². The summed E-state index contributed by atoms with van der Waals surface area (Å²) in [7, 11) is -16.4. The summed E-state index contributed by atoms with van der Waals surface area (Å²) in [6, 6.07) is 0. The number of amides is 4. The number of hydrogen-bond acceptors (Lipinski definition) is 20. The first-order valence-corrected chi connectivity index (χ1v) is 25.5. The van der Waals surface area contributed by atoms with Crippen LogP contribution in [0.1, 0.15) is 66.5 Å². The lowest BCUT2D eigenvalue weighted by molar-refractivity contribution is -0.137. The highest BCUT2D eigenvalue weighted by Gasteiger charge is 2.50. The van der Waals surface area contributed by atoms with Gasteiger partial charge in [-0.15, -0.1) is 0 Å². The lowest BCUT2D eigenvalue weighted by Gasteiger charge is -2.30. The maximum Gasteiger partial charge on any atom is 0.481 e. The Bertz CT molecular complexity index is 2070. The molecule has 3 heterocycles. The van der Waals surface area contributed by atoms with Crippen molar-refractivity contribution in [3.63, 3.8) is 0 Å². The van der Waals surface area contributed by atoms with E-state index in [1.165, 1.54) is 25.6 Å². The summed E-state index contributed by atoms with van der Waals surface area (Å²) >= 11 is 1.30. The summed E-state index contributed by atoms with van der Waals surface area (Å²) in [5.74, 6) is -1.03. The van der Waals surface area contributed by atoms with E-state index in [1.807, 2.05) is 0 Å². The molecular formula is C33H58N9O19P3S. The summed E-state index contributed by atoms with van der Waals surface area (Å²) in [5.41, 5.74) is 3.67. The molecule has 12 N–H and O–H groups in total. The SMILES string of the molecule is CC(C)(C)OC(=O)NCCCCCNC(=O)CSCCNC(=O)CCNC(=O)[C@H](O)C(C)(C)COP(=O)(O)OP(=O)(O)OC[C@H]1O[C@@H](n2cnc3c(N)ncnc32)[C@H](O)[C@@H]1OP(=O)(O)O. The van der Waals surface area contributed by atoms with E-state index in [-0.39, 0.29) is 48.2 Å². The number of phosphoric acid groups is 3. The van der Waals surface area contributed by atoms with Crippen LogP contribution in [0.15, 0.2) is 12.7 Å². The highest BCUT2D eigenvalue weighted by atomic mass is 32.2. The van der Waals surface area contributed by atoms with Gasteiger partial charge in [0.25, 0.3) is 0 Å². The van der Waals surface area contributed by atoms with Crippen LogP contribution in [-0.4, -0.2) is 154 Å². The van der Waals surface area contributed by atoms with E-state index < -0.39 is 96.2 Å². The first kappa shape index (κ1) is 56.0. The van der Waals surface area contributed by atoms with Gasteiger partial charge in [-0.3, -0.25) is 32.5 Å². The Hall–Kier alpha value is -3.37. The zero-order valence-electron chi connectivity index (χ0n) is 36.1. The van der Waals surface area contributed by atoms with E-state index in [9.17, 15) is 62.7 Å². The molecule has 28 nitrogen and oxygen atoms in total.